The van der Waals surface area contributed by atoms with Crippen molar-refractivity contribution in [3.8, 4) is 0 Å². The van der Waals surface area contributed by atoms with Gasteiger partial charge in [0, 0.05) is 18.8 Å². The smallest absolute Gasteiger partial charge is 0.309 e. The molecule has 0 saturated carbocycles. The predicted octanol–water partition coefficient (Wildman–Crippen LogP) is 3.50. The normalized spacial score (nSPS) is 11.9. The number of hydrogen-bond acceptors (Lipinski definition) is 4. The van der Waals surface area contributed by atoms with Crippen molar-refractivity contribution in [1.29, 1.82) is 0 Å². The monoisotopic (exact) mass is 368 g/mol. The lowest BCUT2D eigenvalue weighted by Crippen LogP contribution is -2.37. The van der Waals surface area contributed by atoms with Crippen LogP contribution < -0.4 is 5.32 Å². The Hall–Kier alpha value is -2.66. The maximum absolute atomic E-state index is 12.5. The SMILES string of the molecule is CCc1ccc(NC(=O)CN(Cc2ccccc2)CC(C)C(=O)OC)cc1. The minimum Gasteiger partial charge on any atom is -0.469 e. The standard InChI is InChI=1S/C22H28N2O3/c1-4-18-10-12-20(13-11-18)23-21(25)16-24(14-17(2)22(26)27-3)15-19-8-6-5-7-9-19/h5-13,17H,4,14-16H2,1-3H3,(H,23,25). The van der Waals surface area contributed by atoms with E-state index in [1.54, 1.807) is 0 Å². The zero-order valence-corrected chi connectivity index (χ0v) is 16.3. The zero-order chi connectivity index (χ0) is 19.6. The van der Waals surface area contributed by atoms with Gasteiger partial charge in [-0.3, -0.25) is 14.5 Å². The summed E-state index contributed by atoms with van der Waals surface area (Å²) in [5, 5.41) is 2.93. The number of rotatable bonds is 9. The van der Waals surface area contributed by atoms with Crippen LogP contribution in [0.5, 0.6) is 0 Å². The van der Waals surface area contributed by atoms with E-state index in [9.17, 15) is 9.59 Å². The molecule has 0 spiro atoms. The van der Waals surface area contributed by atoms with Gasteiger partial charge in [-0.05, 0) is 29.7 Å². The van der Waals surface area contributed by atoms with Crippen LogP contribution in [-0.2, 0) is 27.3 Å². The Morgan fingerprint density at radius 3 is 2.30 bits per heavy atom. The van der Waals surface area contributed by atoms with Crippen LogP contribution in [0.15, 0.2) is 54.6 Å². The van der Waals surface area contributed by atoms with E-state index in [-0.39, 0.29) is 24.3 Å². The minimum absolute atomic E-state index is 0.104. The lowest BCUT2D eigenvalue weighted by Gasteiger charge is -2.24. The van der Waals surface area contributed by atoms with Gasteiger partial charge >= 0.3 is 5.97 Å². The van der Waals surface area contributed by atoms with Gasteiger partial charge in [0.05, 0.1) is 19.6 Å². The maximum Gasteiger partial charge on any atom is 0.309 e. The Labute approximate surface area is 161 Å². The lowest BCUT2D eigenvalue weighted by atomic mass is 10.1. The molecule has 2 rings (SSSR count). The molecule has 1 unspecified atom stereocenters. The predicted molar refractivity (Wildman–Crippen MR) is 107 cm³/mol. The number of carbonyl (C=O) groups excluding carboxylic acids is 2. The van der Waals surface area contributed by atoms with Crippen LogP contribution in [0.2, 0.25) is 0 Å². The van der Waals surface area contributed by atoms with Crippen molar-refractivity contribution in [3.05, 3.63) is 65.7 Å². The van der Waals surface area contributed by atoms with Crippen LogP contribution in [0.3, 0.4) is 0 Å². The summed E-state index contributed by atoms with van der Waals surface area (Å²) < 4.78 is 4.82. The molecule has 0 aliphatic heterocycles. The van der Waals surface area contributed by atoms with E-state index in [1.807, 2.05) is 66.4 Å². The average Bonchev–Trinajstić information content (AvgIpc) is 2.68. The molecule has 1 atom stereocenters. The average molecular weight is 368 g/mol. The van der Waals surface area contributed by atoms with Gasteiger partial charge in [-0.15, -0.1) is 0 Å². The molecular weight excluding hydrogens is 340 g/mol. The number of carbonyl (C=O) groups is 2. The Morgan fingerprint density at radius 1 is 1.04 bits per heavy atom. The molecule has 1 amide bonds. The van der Waals surface area contributed by atoms with Crippen molar-refractivity contribution in [3.63, 3.8) is 0 Å². The molecule has 0 aromatic heterocycles. The van der Waals surface area contributed by atoms with Crippen molar-refractivity contribution in [2.75, 3.05) is 25.5 Å². The fourth-order valence-electron chi connectivity index (χ4n) is 2.92. The van der Waals surface area contributed by atoms with Crippen molar-refractivity contribution in [2.24, 2.45) is 5.92 Å². The van der Waals surface area contributed by atoms with Gasteiger partial charge in [0.1, 0.15) is 0 Å². The summed E-state index contributed by atoms with van der Waals surface area (Å²) >= 11 is 0. The summed E-state index contributed by atoms with van der Waals surface area (Å²) in [7, 11) is 1.38. The highest BCUT2D eigenvalue weighted by Gasteiger charge is 2.20. The Balaban J connectivity index is 2.02. The molecule has 2 aromatic carbocycles. The Kier molecular flexibility index (Phi) is 8.01. The molecule has 0 radical (unpaired) electrons. The second-order valence-corrected chi connectivity index (χ2v) is 6.68. The summed E-state index contributed by atoms with van der Waals surface area (Å²) in [6, 6.07) is 17.8. The van der Waals surface area contributed by atoms with Crippen LogP contribution >= 0.6 is 0 Å². The van der Waals surface area contributed by atoms with E-state index in [0.717, 1.165) is 17.7 Å². The highest BCUT2D eigenvalue weighted by atomic mass is 16.5. The molecule has 5 heteroatoms. The summed E-state index contributed by atoms with van der Waals surface area (Å²) in [6.45, 7) is 5.14. The van der Waals surface area contributed by atoms with Gasteiger partial charge in [-0.1, -0.05) is 56.3 Å². The van der Waals surface area contributed by atoms with E-state index < -0.39 is 0 Å². The number of amides is 1. The van der Waals surface area contributed by atoms with Crippen LogP contribution in [0.4, 0.5) is 5.69 Å². The molecule has 2 aromatic rings. The molecule has 1 N–H and O–H groups in total. The molecule has 0 fully saturated rings. The molecule has 0 heterocycles. The number of hydrogen-bond donors (Lipinski definition) is 1. The largest absolute Gasteiger partial charge is 0.469 e. The van der Waals surface area contributed by atoms with E-state index in [4.69, 9.17) is 4.74 Å². The van der Waals surface area contributed by atoms with Crippen LogP contribution in [-0.4, -0.2) is 37.0 Å². The lowest BCUT2D eigenvalue weighted by molar-refractivity contribution is -0.145. The third-order valence-electron chi connectivity index (χ3n) is 4.40. The molecule has 27 heavy (non-hydrogen) atoms. The van der Waals surface area contributed by atoms with Crippen LogP contribution in [0, 0.1) is 5.92 Å². The van der Waals surface area contributed by atoms with Gasteiger partial charge < -0.3 is 10.1 Å². The molecule has 5 nitrogen and oxygen atoms in total. The van der Waals surface area contributed by atoms with E-state index in [0.29, 0.717) is 13.1 Å². The second kappa shape index (κ2) is 10.5. The molecular formula is C22H28N2O3. The van der Waals surface area contributed by atoms with Gasteiger partial charge in [0.25, 0.3) is 0 Å². The number of nitrogens with one attached hydrogen (secondary N) is 1. The third kappa shape index (κ3) is 6.87. The quantitative estimate of drug-likeness (QED) is 0.688. The van der Waals surface area contributed by atoms with Crippen LogP contribution in [0.25, 0.3) is 0 Å². The number of aryl methyl sites for hydroxylation is 1. The number of benzene rings is 2. The van der Waals surface area contributed by atoms with Crippen LogP contribution in [0.1, 0.15) is 25.0 Å². The van der Waals surface area contributed by atoms with Crippen molar-refractivity contribution in [2.45, 2.75) is 26.8 Å². The molecule has 144 valence electrons. The number of nitrogens with zero attached hydrogens (tertiary/aromatic N) is 1. The third-order valence-corrected chi connectivity index (χ3v) is 4.40. The van der Waals surface area contributed by atoms with Gasteiger partial charge in [-0.2, -0.15) is 0 Å². The molecule has 0 bridgehead atoms. The Bertz CT molecular complexity index is 729. The first-order valence-electron chi connectivity index (χ1n) is 9.24. The first-order valence-corrected chi connectivity index (χ1v) is 9.24. The topological polar surface area (TPSA) is 58.6 Å². The van der Waals surface area contributed by atoms with E-state index >= 15 is 0 Å². The van der Waals surface area contributed by atoms with Crippen molar-refractivity contribution in [1.82, 2.24) is 4.90 Å². The number of methoxy groups -OCH3 is 1. The first-order chi connectivity index (χ1) is 13.0. The Morgan fingerprint density at radius 2 is 1.70 bits per heavy atom. The fourth-order valence-corrected chi connectivity index (χ4v) is 2.92. The summed E-state index contributed by atoms with van der Waals surface area (Å²) in [6.07, 6.45) is 0.963. The van der Waals surface area contributed by atoms with Gasteiger partial charge in [0.15, 0.2) is 0 Å². The zero-order valence-electron chi connectivity index (χ0n) is 16.3. The molecule has 0 saturated heterocycles. The van der Waals surface area contributed by atoms with E-state index in [2.05, 4.69) is 12.2 Å². The van der Waals surface area contributed by atoms with Crippen molar-refractivity contribution >= 4 is 17.6 Å². The summed E-state index contributed by atoms with van der Waals surface area (Å²) in [4.78, 5) is 26.3. The maximum atomic E-state index is 12.5. The van der Waals surface area contributed by atoms with Gasteiger partial charge in [-0.25, -0.2) is 0 Å². The van der Waals surface area contributed by atoms with E-state index in [1.165, 1.54) is 12.7 Å². The summed E-state index contributed by atoms with van der Waals surface area (Å²) in [5.41, 5.74) is 3.10. The molecule has 0 aliphatic rings. The summed E-state index contributed by atoms with van der Waals surface area (Å²) in [5.74, 6) is -0.689. The van der Waals surface area contributed by atoms with Crippen molar-refractivity contribution < 1.29 is 14.3 Å². The fraction of sp³-hybridized carbons (Fsp3) is 0.364. The highest BCUT2D eigenvalue weighted by molar-refractivity contribution is 5.92. The highest BCUT2D eigenvalue weighted by Crippen LogP contribution is 2.12. The number of ether oxygens (including phenoxy) is 1. The minimum atomic E-state index is -0.310. The second-order valence-electron chi connectivity index (χ2n) is 6.68. The first kappa shape index (κ1) is 20.6. The number of anilines is 1. The molecule has 0 aliphatic carbocycles. The van der Waals surface area contributed by atoms with Gasteiger partial charge in [0.2, 0.25) is 5.91 Å². The number of esters is 1.